The number of thioether (sulfide) groups is 1. The highest BCUT2D eigenvalue weighted by atomic mass is 32.2. The molecule has 1 N–H and O–H groups in total. The molecule has 1 aromatic carbocycles. The second kappa shape index (κ2) is 8.66. The fraction of sp³-hybridized carbons (Fsp3) is 0.533. The maximum Gasteiger partial charge on any atom is 0.387 e. The first-order valence-electron chi connectivity index (χ1n) is 7.46. The van der Waals surface area contributed by atoms with Gasteiger partial charge in [0.2, 0.25) is 5.91 Å². The molecular formula is C15H19F2NO4S2. The molecule has 2 rings (SSSR count). The molecule has 1 heterocycles. The summed E-state index contributed by atoms with van der Waals surface area (Å²) in [5.74, 6) is 0.555. The predicted octanol–water partition coefficient (Wildman–Crippen LogP) is 1.87. The fourth-order valence-corrected chi connectivity index (χ4v) is 5.79. The van der Waals surface area contributed by atoms with Gasteiger partial charge in [-0.1, -0.05) is 12.1 Å². The van der Waals surface area contributed by atoms with Gasteiger partial charge in [-0.25, -0.2) is 8.42 Å². The van der Waals surface area contributed by atoms with Crippen LogP contribution in [-0.2, 0) is 21.1 Å². The number of nitrogens with one attached hydrogen (secondary N) is 1. The molecule has 5 nitrogen and oxygen atoms in total. The van der Waals surface area contributed by atoms with Crippen LogP contribution in [-0.4, -0.2) is 50.0 Å². The molecular weight excluding hydrogens is 360 g/mol. The summed E-state index contributed by atoms with van der Waals surface area (Å²) in [6, 6.07) is 6.25. The minimum Gasteiger partial charge on any atom is -0.435 e. The third kappa shape index (κ3) is 6.64. The van der Waals surface area contributed by atoms with Crippen molar-refractivity contribution in [2.45, 2.75) is 24.7 Å². The summed E-state index contributed by atoms with van der Waals surface area (Å²) in [6.45, 7) is -2.42. The van der Waals surface area contributed by atoms with Gasteiger partial charge in [-0.05, 0) is 30.5 Å². The van der Waals surface area contributed by atoms with Crippen LogP contribution in [0.1, 0.15) is 12.0 Å². The number of hydrogen-bond acceptors (Lipinski definition) is 5. The van der Waals surface area contributed by atoms with E-state index in [1.807, 2.05) is 0 Å². The molecule has 24 heavy (non-hydrogen) atoms. The first-order valence-corrected chi connectivity index (χ1v) is 10.3. The smallest absolute Gasteiger partial charge is 0.387 e. The second-order valence-corrected chi connectivity index (χ2v) is 8.98. The maximum absolute atomic E-state index is 12.0. The lowest BCUT2D eigenvalue weighted by molar-refractivity contribution is -0.118. The molecule has 1 saturated heterocycles. The maximum atomic E-state index is 12.0. The molecule has 0 aromatic heterocycles. The van der Waals surface area contributed by atoms with E-state index < -0.39 is 16.4 Å². The molecule has 0 bridgehead atoms. The highest BCUT2D eigenvalue weighted by Crippen LogP contribution is 2.23. The van der Waals surface area contributed by atoms with Crippen molar-refractivity contribution in [3.63, 3.8) is 0 Å². The quantitative estimate of drug-likeness (QED) is 0.747. The van der Waals surface area contributed by atoms with E-state index in [4.69, 9.17) is 0 Å². The third-order valence-corrected chi connectivity index (χ3v) is 6.81. The molecule has 1 aromatic rings. The lowest BCUT2D eigenvalue weighted by Crippen LogP contribution is -2.28. The lowest BCUT2D eigenvalue weighted by Gasteiger charge is -2.09. The number of carbonyl (C=O) groups excluding carboxylic acids is 1. The molecule has 1 fully saturated rings. The summed E-state index contributed by atoms with van der Waals surface area (Å²) in [4.78, 5) is 11.7. The zero-order valence-corrected chi connectivity index (χ0v) is 14.5. The van der Waals surface area contributed by atoms with Crippen LogP contribution in [0, 0.1) is 0 Å². The molecule has 0 spiro atoms. The van der Waals surface area contributed by atoms with Crippen LogP contribution in [0.2, 0.25) is 0 Å². The van der Waals surface area contributed by atoms with Gasteiger partial charge < -0.3 is 10.1 Å². The highest BCUT2D eigenvalue weighted by Gasteiger charge is 2.28. The van der Waals surface area contributed by atoms with Gasteiger partial charge >= 0.3 is 6.61 Å². The summed E-state index contributed by atoms with van der Waals surface area (Å²) in [5, 5.41) is 2.77. The van der Waals surface area contributed by atoms with Crippen molar-refractivity contribution in [2.75, 3.05) is 23.8 Å². The van der Waals surface area contributed by atoms with Gasteiger partial charge in [0, 0.05) is 11.8 Å². The first kappa shape index (κ1) is 19.0. The van der Waals surface area contributed by atoms with Gasteiger partial charge in [0.05, 0.1) is 17.3 Å². The van der Waals surface area contributed by atoms with E-state index in [0.29, 0.717) is 19.4 Å². The van der Waals surface area contributed by atoms with Crippen LogP contribution < -0.4 is 10.1 Å². The molecule has 134 valence electrons. The minimum atomic E-state index is -2.92. The minimum absolute atomic E-state index is 0.00290. The van der Waals surface area contributed by atoms with E-state index in [1.165, 1.54) is 23.9 Å². The summed E-state index contributed by atoms with van der Waals surface area (Å²) in [7, 11) is -2.92. The zero-order chi connectivity index (χ0) is 17.6. The van der Waals surface area contributed by atoms with Crippen molar-refractivity contribution in [1.29, 1.82) is 0 Å². The SMILES string of the molecule is O=C(CS[C@@H]1CCS(=O)(=O)C1)NCCc1ccc(OC(F)F)cc1. The molecule has 1 atom stereocenters. The van der Waals surface area contributed by atoms with Gasteiger partial charge in [0.25, 0.3) is 0 Å². The van der Waals surface area contributed by atoms with Gasteiger partial charge in [-0.2, -0.15) is 8.78 Å². The Labute approximate surface area is 144 Å². The molecule has 9 heteroatoms. The van der Waals surface area contributed by atoms with Crippen molar-refractivity contribution in [3.05, 3.63) is 29.8 Å². The number of amides is 1. The average Bonchev–Trinajstić information content (AvgIpc) is 2.86. The molecule has 1 aliphatic heterocycles. The van der Waals surface area contributed by atoms with Gasteiger partial charge in [-0.15, -0.1) is 11.8 Å². The standard InChI is InChI=1S/C15H19F2NO4S2/c16-15(17)22-12-3-1-11(2-4-12)5-7-18-14(19)9-23-13-6-8-24(20,21)10-13/h1-4,13,15H,5-10H2,(H,18,19)/t13-/m1/s1. The summed E-state index contributed by atoms with van der Waals surface area (Å²) in [5.41, 5.74) is 0.895. The molecule has 0 aliphatic carbocycles. The Morgan fingerprint density at radius 3 is 2.62 bits per heavy atom. The number of sulfone groups is 1. The van der Waals surface area contributed by atoms with Crippen molar-refractivity contribution in [1.82, 2.24) is 5.32 Å². The van der Waals surface area contributed by atoms with E-state index in [0.717, 1.165) is 5.56 Å². The normalized spacial score (nSPS) is 19.4. The average molecular weight is 379 g/mol. The molecule has 0 radical (unpaired) electrons. The van der Waals surface area contributed by atoms with Gasteiger partial charge in [0.15, 0.2) is 9.84 Å². The van der Waals surface area contributed by atoms with E-state index >= 15 is 0 Å². The Hall–Kier alpha value is -1.35. The van der Waals surface area contributed by atoms with Crippen molar-refractivity contribution in [2.24, 2.45) is 0 Å². The largest absolute Gasteiger partial charge is 0.435 e. The van der Waals surface area contributed by atoms with E-state index in [9.17, 15) is 22.0 Å². The van der Waals surface area contributed by atoms with Crippen molar-refractivity contribution >= 4 is 27.5 Å². The Bertz CT molecular complexity index is 650. The lowest BCUT2D eigenvalue weighted by atomic mass is 10.1. The number of alkyl halides is 2. The predicted molar refractivity (Wildman–Crippen MR) is 89.3 cm³/mol. The number of halogens is 2. The summed E-state index contributed by atoms with van der Waals surface area (Å²) in [6.07, 6.45) is 1.18. The summed E-state index contributed by atoms with van der Waals surface area (Å²) >= 11 is 1.37. The number of benzene rings is 1. The van der Waals surface area contributed by atoms with E-state index in [2.05, 4.69) is 10.1 Å². The van der Waals surface area contributed by atoms with Gasteiger partial charge in [-0.3, -0.25) is 4.79 Å². The molecule has 1 aliphatic rings. The Morgan fingerprint density at radius 2 is 2.04 bits per heavy atom. The molecule has 0 unspecified atom stereocenters. The Kier molecular flexibility index (Phi) is 6.85. The van der Waals surface area contributed by atoms with E-state index in [1.54, 1.807) is 12.1 Å². The van der Waals surface area contributed by atoms with Crippen molar-refractivity contribution < 1.29 is 26.7 Å². The topological polar surface area (TPSA) is 72.5 Å². The Balaban J connectivity index is 1.64. The van der Waals surface area contributed by atoms with Crippen LogP contribution in [0.4, 0.5) is 8.78 Å². The van der Waals surface area contributed by atoms with Crippen molar-refractivity contribution in [3.8, 4) is 5.75 Å². The van der Waals surface area contributed by atoms with Crippen LogP contribution in [0.25, 0.3) is 0 Å². The number of carbonyl (C=O) groups is 1. The third-order valence-electron chi connectivity index (χ3n) is 3.53. The van der Waals surface area contributed by atoms with Crippen LogP contribution in [0.5, 0.6) is 5.75 Å². The van der Waals surface area contributed by atoms with Gasteiger partial charge in [0.1, 0.15) is 5.75 Å². The monoisotopic (exact) mass is 379 g/mol. The molecule has 0 saturated carbocycles. The van der Waals surface area contributed by atoms with E-state index in [-0.39, 0.29) is 34.2 Å². The van der Waals surface area contributed by atoms with Crippen LogP contribution >= 0.6 is 11.8 Å². The zero-order valence-electron chi connectivity index (χ0n) is 12.9. The Morgan fingerprint density at radius 1 is 1.33 bits per heavy atom. The number of ether oxygens (including phenoxy) is 1. The fourth-order valence-electron chi connectivity index (χ4n) is 2.32. The molecule has 1 amide bonds. The highest BCUT2D eigenvalue weighted by molar-refractivity contribution is 8.02. The van der Waals surface area contributed by atoms with Crippen LogP contribution in [0.15, 0.2) is 24.3 Å². The number of rotatable bonds is 8. The van der Waals surface area contributed by atoms with Crippen LogP contribution in [0.3, 0.4) is 0 Å². The number of hydrogen-bond donors (Lipinski definition) is 1. The second-order valence-electron chi connectivity index (χ2n) is 5.46. The first-order chi connectivity index (χ1) is 11.3. The summed E-state index contributed by atoms with van der Waals surface area (Å²) < 4.78 is 51.0.